The van der Waals surface area contributed by atoms with E-state index in [9.17, 15) is 0 Å². The summed E-state index contributed by atoms with van der Waals surface area (Å²) in [5.41, 5.74) is 3.20. The van der Waals surface area contributed by atoms with Gasteiger partial charge < -0.3 is 5.32 Å². The second kappa shape index (κ2) is 6.94. The van der Waals surface area contributed by atoms with Crippen molar-refractivity contribution in [3.8, 4) is 0 Å². The van der Waals surface area contributed by atoms with Crippen molar-refractivity contribution in [2.24, 2.45) is 0 Å². The molecule has 1 nitrogen and oxygen atoms in total. The first kappa shape index (κ1) is 13.6. The average Bonchev–Trinajstić information content (AvgIpc) is 2.83. The van der Waals surface area contributed by atoms with Crippen molar-refractivity contribution < 1.29 is 0 Å². The molecule has 1 aliphatic rings. The summed E-state index contributed by atoms with van der Waals surface area (Å²) in [6, 6.07) is 9.73. The Morgan fingerprint density at radius 1 is 1.22 bits per heavy atom. The molecule has 0 aliphatic heterocycles. The van der Waals surface area contributed by atoms with Crippen molar-refractivity contribution >= 4 is 0 Å². The zero-order valence-corrected chi connectivity index (χ0v) is 11.9. The monoisotopic (exact) mass is 245 g/mol. The number of hydrogen-bond acceptors (Lipinski definition) is 1. The number of hydrogen-bond donors (Lipinski definition) is 1. The summed E-state index contributed by atoms with van der Waals surface area (Å²) in [5, 5.41) is 3.79. The third kappa shape index (κ3) is 3.14. The minimum absolute atomic E-state index is 0.688. The lowest BCUT2D eigenvalue weighted by molar-refractivity contribution is 0.395. The van der Waals surface area contributed by atoms with E-state index in [1.807, 2.05) is 0 Å². The van der Waals surface area contributed by atoms with Crippen molar-refractivity contribution in [1.29, 1.82) is 0 Å². The number of benzene rings is 1. The number of rotatable bonds is 7. The zero-order valence-electron chi connectivity index (χ0n) is 11.9. The summed E-state index contributed by atoms with van der Waals surface area (Å²) in [6.07, 6.45) is 7.83. The van der Waals surface area contributed by atoms with E-state index in [4.69, 9.17) is 0 Å². The van der Waals surface area contributed by atoms with E-state index >= 15 is 0 Å². The second-order valence-corrected chi connectivity index (χ2v) is 5.55. The molecular weight excluding hydrogens is 218 g/mol. The van der Waals surface area contributed by atoms with E-state index in [0.717, 1.165) is 12.5 Å². The second-order valence-electron chi connectivity index (χ2n) is 5.55. The van der Waals surface area contributed by atoms with Gasteiger partial charge in [-0.05, 0) is 49.3 Å². The van der Waals surface area contributed by atoms with E-state index in [1.165, 1.54) is 38.5 Å². The van der Waals surface area contributed by atoms with Crippen LogP contribution in [0, 0.1) is 0 Å². The molecule has 18 heavy (non-hydrogen) atoms. The van der Waals surface area contributed by atoms with E-state index in [0.29, 0.717) is 6.04 Å². The summed E-state index contributed by atoms with van der Waals surface area (Å²) in [4.78, 5) is 0. The molecule has 2 unspecified atom stereocenters. The number of unbranched alkanes of at least 4 members (excludes halogenated alkanes) is 1. The third-order valence-electron chi connectivity index (χ3n) is 4.19. The van der Waals surface area contributed by atoms with E-state index in [2.05, 4.69) is 43.4 Å². The van der Waals surface area contributed by atoms with Crippen molar-refractivity contribution in [3.63, 3.8) is 0 Å². The van der Waals surface area contributed by atoms with Crippen LogP contribution in [0.5, 0.6) is 0 Å². The van der Waals surface area contributed by atoms with Crippen LogP contribution in [0.3, 0.4) is 0 Å². The highest BCUT2D eigenvalue weighted by atomic mass is 14.9. The Morgan fingerprint density at radius 3 is 2.83 bits per heavy atom. The molecule has 0 saturated carbocycles. The third-order valence-corrected chi connectivity index (χ3v) is 4.19. The molecule has 1 heteroatoms. The van der Waals surface area contributed by atoms with Gasteiger partial charge in [0, 0.05) is 6.04 Å². The Hall–Kier alpha value is -0.820. The highest BCUT2D eigenvalue weighted by Gasteiger charge is 2.28. The van der Waals surface area contributed by atoms with Gasteiger partial charge in [0.1, 0.15) is 0 Å². The molecule has 1 aromatic rings. The quantitative estimate of drug-likeness (QED) is 0.756. The van der Waals surface area contributed by atoms with Gasteiger partial charge in [-0.25, -0.2) is 0 Å². The average molecular weight is 245 g/mol. The highest BCUT2D eigenvalue weighted by molar-refractivity contribution is 5.36. The molecule has 0 spiro atoms. The lowest BCUT2D eigenvalue weighted by Gasteiger charge is -2.25. The van der Waals surface area contributed by atoms with Crippen molar-refractivity contribution in [2.45, 2.75) is 64.3 Å². The molecule has 100 valence electrons. The van der Waals surface area contributed by atoms with Crippen LogP contribution >= 0.6 is 0 Å². The molecule has 0 aromatic heterocycles. The standard InChI is InChI=1S/C17H27N/c1-3-5-10-17(18-13-4-2)16-12-11-14-8-6-7-9-15(14)16/h6-9,16-18H,3-5,10-13H2,1-2H3. The van der Waals surface area contributed by atoms with Crippen LogP contribution < -0.4 is 5.32 Å². The van der Waals surface area contributed by atoms with Crippen molar-refractivity contribution in [1.82, 2.24) is 5.32 Å². The first-order valence-electron chi connectivity index (χ1n) is 7.68. The molecular formula is C17H27N. The predicted octanol–water partition coefficient (Wildman–Crippen LogP) is 4.27. The molecule has 0 radical (unpaired) electrons. The van der Waals surface area contributed by atoms with Gasteiger partial charge in [0.05, 0.1) is 0 Å². The Labute approximate surface area is 112 Å². The van der Waals surface area contributed by atoms with Crippen LogP contribution in [0.15, 0.2) is 24.3 Å². The predicted molar refractivity (Wildman–Crippen MR) is 79.1 cm³/mol. The lowest BCUT2D eigenvalue weighted by Crippen LogP contribution is -2.34. The van der Waals surface area contributed by atoms with Gasteiger partial charge in [0.15, 0.2) is 0 Å². The van der Waals surface area contributed by atoms with Gasteiger partial charge in [0.2, 0.25) is 0 Å². The summed E-state index contributed by atoms with van der Waals surface area (Å²) in [7, 11) is 0. The van der Waals surface area contributed by atoms with E-state index in [-0.39, 0.29) is 0 Å². The Morgan fingerprint density at radius 2 is 2.06 bits per heavy atom. The Kier molecular flexibility index (Phi) is 5.25. The molecule has 0 fully saturated rings. The summed E-state index contributed by atoms with van der Waals surface area (Å²) in [5.74, 6) is 0.749. The summed E-state index contributed by atoms with van der Waals surface area (Å²) >= 11 is 0. The fourth-order valence-electron chi connectivity index (χ4n) is 3.21. The molecule has 0 saturated heterocycles. The molecule has 1 aliphatic carbocycles. The fourth-order valence-corrected chi connectivity index (χ4v) is 3.21. The Balaban J connectivity index is 2.06. The molecule has 1 aromatic carbocycles. The van der Waals surface area contributed by atoms with Crippen LogP contribution in [0.1, 0.15) is 63.0 Å². The lowest BCUT2D eigenvalue weighted by atomic mass is 9.89. The van der Waals surface area contributed by atoms with Crippen LogP contribution in [0.25, 0.3) is 0 Å². The van der Waals surface area contributed by atoms with Crippen molar-refractivity contribution in [3.05, 3.63) is 35.4 Å². The van der Waals surface area contributed by atoms with Crippen LogP contribution in [-0.2, 0) is 6.42 Å². The van der Waals surface area contributed by atoms with Gasteiger partial charge in [-0.2, -0.15) is 0 Å². The highest BCUT2D eigenvalue weighted by Crippen LogP contribution is 2.36. The zero-order chi connectivity index (χ0) is 12.8. The van der Waals surface area contributed by atoms with Gasteiger partial charge in [-0.1, -0.05) is 51.0 Å². The number of nitrogens with one attached hydrogen (secondary N) is 1. The van der Waals surface area contributed by atoms with Gasteiger partial charge in [-0.15, -0.1) is 0 Å². The largest absolute Gasteiger partial charge is 0.313 e. The minimum Gasteiger partial charge on any atom is -0.313 e. The normalized spacial score (nSPS) is 19.8. The minimum atomic E-state index is 0.688. The molecule has 2 atom stereocenters. The van der Waals surface area contributed by atoms with Crippen LogP contribution in [0.2, 0.25) is 0 Å². The van der Waals surface area contributed by atoms with Gasteiger partial charge >= 0.3 is 0 Å². The Bertz CT molecular complexity index is 350. The molecule has 1 N–H and O–H groups in total. The van der Waals surface area contributed by atoms with Crippen LogP contribution in [-0.4, -0.2) is 12.6 Å². The summed E-state index contributed by atoms with van der Waals surface area (Å²) in [6.45, 7) is 5.71. The molecule has 0 amide bonds. The van der Waals surface area contributed by atoms with E-state index < -0.39 is 0 Å². The maximum Gasteiger partial charge on any atom is 0.0136 e. The maximum atomic E-state index is 3.79. The smallest absolute Gasteiger partial charge is 0.0136 e. The van der Waals surface area contributed by atoms with Crippen LogP contribution in [0.4, 0.5) is 0 Å². The molecule has 0 heterocycles. The number of aryl methyl sites for hydroxylation is 1. The summed E-state index contributed by atoms with van der Waals surface area (Å²) < 4.78 is 0. The van der Waals surface area contributed by atoms with Gasteiger partial charge in [-0.3, -0.25) is 0 Å². The van der Waals surface area contributed by atoms with Crippen molar-refractivity contribution in [2.75, 3.05) is 6.54 Å². The topological polar surface area (TPSA) is 12.0 Å². The maximum absolute atomic E-state index is 3.79. The van der Waals surface area contributed by atoms with Gasteiger partial charge in [0.25, 0.3) is 0 Å². The first-order valence-corrected chi connectivity index (χ1v) is 7.68. The number of fused-ring (bicyclic) bond motifs is 1. The fraction of sp³-hybridized carbons (Fsp3) is 0.647. The first-order chi connectivity index (χ1) is 8.86. The molecule has 2 rings (SSSR count). The SMILES string of the molecule is CCCCC(NCCC)C1CCc2ccccc21. The van der Waals surface area contributed by atoms with E-state index in [1.54, 1.807) is 11.1 Å². The molecule has 0 bridgehead atoms.